The molecule has 0 heterocycles. The molecular formula is C12H16ClN3O2. The maximum atomic E-state index is 11.8. The number of amidine groups is 1. The minimum absolute atomic E-state index is 0.120. The molecule has 0 spiro atoms. The standard InChI is InChI=1S/C12H16ClN3O2/c1-7(11(14)16-18)12(17)15-8(2)9-4-3-5-10(13)6-9/h3-8,18H,1-2H3,(H2,14,16)(H,15,17). The number of halogens is 1. The fourth-order valence-electron chi connectivity index (χ4n) is 1.42. The first-order valence-corrected chi connectivity index (χ1v) is 5.86. The molecule has 6 heteroatoms. The predicted octanol–water partition coefficient (Wildman–Crippen LogP) is 1.90. The molecule has 0 radical (unpaired) electrons. The molecule has 1 aromatic carbocycles. The smallest absolute Gasteiger partial charge is 0.231 e. The Labute approximate surface area is 111 Å². The number of rotatable bonds is 4. The van der Waals surface area contributed by atoms with Crippen LogP contribution >= 0.6 is 11.6 Å². The molecule has 4 N–H and O–H groups in total. The van der Waals surface area contributed by atoms with Crippen LogP contribution in [0.1, 0.15) is 25.5 Å². The lowest BCUT2D eigenvalue weighted by atomic mass is 10.1. The first-order valence-electron chi connectivity index (χ1n) is 5.49. The van der Waals surface area contributed by atoms with Crippen molar-refractivity contribution in [3.8, 4) is 0 Å². The molecule has 0 fully saturated rings. The van der Waals surface area contributed by atoms with Crippen LogP contribution in [0.25, 0.3) is 0 Å². The maximum absolute atomic E-state index is 11.8. The lowest BCUT2D eigenvalue weighted by molar-refractivity contribution is -0.123. The SMILES string of the molecule is CC(C(=O)NC(C)c1cccc(Cl)c1)C(N)=NO. The monoisotopic (exact) mass is 269 g/mol. The van der Waals surface area contributed by atoms with Gasteiger partial charge in [-0.15, -0.1) is 0 Å². The van der Waals surface area contributed by atoms with Gasteiger partial charge in [0, 0.05) is 5.02 Å². The summed E-state index contributed by atoms with van der Waals surface area (Å²) in [5, 5.41) is 14.7. The summed E-state index contributed by atoms with van der Waals surface area (Å²) in [5.74, 6) is -1.11. The minimum Gasteiger partial charge on any atom is -0.409 e. The Morgan fingerprint density at radius 3 is 2.72 bits per heavy atom. The molecule has 0 aliphatic rings. The summed E-state index contributed by atoms with van der Waals surface area (Å²) < 4.78 is 0. The maximum Gasteiger partial charge on any atom is 0.231 e. The second-order valence-corrected chi connectivity index (χ2v) is 4.47. The van der Waals surface area contributed by atoms with Crippen LogP contribution in [-0.4, -0.2) is 17.0 Å². The van der Waals surface area contributed by atoms with Gasteiger partial charge in [-0.25, -0.2) is 0 Å². The van der Waals surface area contributed by atoms with Gasteiger partial charge in [0.25, 0.3) is 0 Å². The van der Waals surface area contributed by atoms with Gasteiger partial charge in [-0.2, -0.15) is 0 Å². The third-order valence-electron chi connectivity index (χ3n) is 2.66. The summed E-state index contributed by atoms with van der Waals surface area (Å²) >= 11 is 5.88. The van der Waals surface area contributed by atoms with Crippen molar-refractivity contribution in [1.82, 2.24) is 5.32 Å². The highest BCUT2D eigenvalue weighted by Crippen LogP contribution is 2.17. The van der Waals surface area contributed by atoms with Crippen molar-refractivity contribution in [2.45, 2.75) is 19.9 Å². The zero-order chi connectivity index (χ0) is 13.7. The number of nitrogens with two attached hydrogens (primary N) is 1. The average Bonchev–Trinajstić information content (AvgIpc) is 2.36. The number of nitrogens with zero attached hydrogens (tertiary/aromatic N) is 1. The molecule has 0 aliphatic heterocycles. The third kappa shape index (κ3) is 3.63. The molecule has 0 aliphatic carbocycles. The summed E-state index contributed by atoms with van der Waals surface area (Å²) in [5.41, 5.74) is 6.27. The quantitative estimate of drug-likeness (QED) is 0.338. The number of carbonyl (C=O) groups excluding carboxylic acids is 1. The molecule has 0 bridgehead atoms. The Kier molecular flexibility index (Phi) is 4.97. The summed E-state index contributed by atoms with van der Waals surface area (Å²) in [6.45, 7) is 3.40. The van der Waals surface area contributed by atoms with Gasteiger partial charge < -0.3 is 16.3 Å². The number of hydrogen-bond acceptors (Lipinski definition) is 3. The van der Waals surface area contributed by atoms with Crippen molar-refractivity contribution in [2.75, 3.05) is 0 Å². The summed E-state index contributed by atoms with van der Waals surface area (Å²) in [6, 6.07) is 7.02. The second kappa shape index (κ2) is 6.26. The van der Waals surface area contributed by atoms with Gasteiger partial charge in [0.15, 0.2) is 5.84 Å². The highest BCUT2D eigenvalue weighted by atomic mass is 35.5. The summed E-state index contributed by atoms with van der Waals surface area (Å²) in [4.78, 5) is 11.8. The summed E-state index contributed by atoms with van der Waals surface area (Å²) in [7, 11) is 0. The minimum atomic E-state index is -0.684. The van der Waals surface area contributed by atoms with Gasteiger partial charge in [-0.1, -0.05) is 28.9 Å². The fraction of sp³-hybridized carbons (Fsp3) is 0.333. The van der Waals surface area contributed by atoms with Crippen molar-refractivity contribution in [1.29, 1.82) is 0 Å². The first-order chi connectivity index (χ1) is 8.45. The number of benzene rings is 1. The van der Waals surface area contributed by atoms with E-state index >= 15 is 0 Å². The Balaban J connectivity index is 2.71. The molecule has 5 nitrogen and oxygen atoms in total. The number of carbonyl (C=O) groups is 1. The van der Waals surface area contributed by atoms with Crippen molar-refractivity contribution < 1.29 is 10.0 Å². The molecule has 1 amide bonds. The van der Waals surface area contributed by atoms with E-state index in [1.807, 2.05) is 19.1 Å². The van der Waals surface area contributed by atoms with Gasteiger partial charge >= 0.3 is 0 Å². The molecule has 0 saturated heterocycles. The van der Waals surface area contributed by atoms with E-state index in [2.05, 4.69) is 10.5 Å². The van der Waals surface area contributed by atoms with Gasteiger partial charge in [-0.05, 0) is 31.5 Å². The molecule has 2 unspecified atom stereocenters. The Morgan fingerprint density at radius 2 is 2.17 bits per heavy atom. The van der Waals surface area contributed by atoms with Crippen LogP contribution in [0.15, 0.2) is 29.4 Å². The lowest BCUT2D eigenvalue weighted by Crippen LogP contribution is -2.38. The number of oxime groups is 1. The number of nitrogens with one attached hydrogen (secondary N) is 1. The van der Waals surface area contributed by atoms with Crippen molar-refractivity contribution in [3.05, 3.63) is 34.9 Å². The second-order valence-electron chi connectivity index (χ2n) is 4.03. The van der Waals surface area contributed by atoms with Crippen LogP contribution < -0.4 is 11.1 Å². The van der Waals surface area contributed by atoms with Crippen molar-refractivity contribution in [3.63, 3.8) is 0 Å². The molecule has 2 atom stereocenters. The van der Waals surface area contributed by atoms with Crippen LogP contribution in [0.5, 0.6) is 0 Å². The van der Waals surface area contributed by atoms with Gasteiger partial charge in [0.2, 0.25) is 5.91 Å². The van der Waals surface area contributed by atoms with Crippen LogP contribution in [0.4, 0.5) is 0 Å². The van der Waals surface area contributed by atoms with Crippen LogP contribution in [-0.2, 0) is 4.79 Å². The van der Waals surface area contributed by atoms with Crippen LogP contribution in [0.3, 0.4) is 0 Å². The Morgan fingerprint density at radius 1 is 1.50 bits per heavy atom. The predicted molar refractivity (Wildman–Crippen MR) is 70.6 cm³/mol. The van der Waals surface area contributed by atoms with E-state index in [0.29, 0.717) is 5.02 Å². The average molecular weight is 270 g/mol. The van der Waals surface area contributed by atoms with Crippen molar-refractivity contribution >= 4 is 23.3 Å². The third-order valence-corrected chi connectivity index (χ3v) is 2.89. The van der Waals surface area contributed by atoms with E-state index in [0.717, 1.165) is 5.56 Å². The van der Waals surface area contributed by atoms with Gasteiger partial charge in [-0.3, -0.25) is 4.79 Å². The largest absolute Gasteiger partial charge is 0.409 e. The molecule has 1 rings (SSSR count). The molecule has 0 aromatic heterocycles. The highest BCUT2D eigenvalue weighted by molar-refractivity contribution is 6.30. The number of amides is 1. The van der Waals surface area contributed by atoms with E-state index in [1.165, 1.54) is 0 Å². The zero-order valence-corrected chi connectivity index (χ0v) is 11.0. The molecule has 98 valence electrons. The van der Waals surface area contributed by atoms with Crippen LogP contribution in [0.2, 0.25) is 5.02 Å². The van der Waals surface area contributed by atoms with E-state index in [1.54, 1.807) is 19.1 Å². The zero-order valence-electron chi connectivity index (χ0n) is 10.2. The van der Waals surface area contributed by atoms with E-state index < -0.39 is 5.92 Å². The van der Waals surface area contributed by atoms with E-state index in [9.17, 15) is 4.79 Å². The molecule has 18 heavy (non-hydrogen) atoms. The fourth-order valence-corrected chi connectivity index (χ4v) is 1.62. The van der Waals surface area contributed by atoms with Crippen LogP contribution in [0, 0.1) is 5.92 Å². The molecule has 1 aromatic rings. The highest BCUT2D eigenvalue weighted by Gasteiger charge is 2.19. The van der Waals surface area contributed by atoms with Gasteiger partial charge in [0.05, 0.1) is 12.0 Å². The topological polar surface area (TPSA) is 87.7 Å². The van der Waals surface area contributed by atoms with Crippen molar-refractivity contribution in [2.24, 2.45) is 16.8 Å². The normalized spacial score (nSPS) is 14.9. The Hall–Kier alpha value is -1.75. The lowest BCUT2D eigenvalue weighted by Gasteiger charge is -2.17. The van der Waals surface area contributed by atoms with Gasteiger partial charge in [0.1, 0.15) is 0 Å². The molecule has 0 saturated carbocycles. The summed E-state index contributed by atoms with van der Waals surface area (Å²) in [6.07, 6.45) is 0. The molecular weight excluding hydrogens is 254 g/mol. The first kappa shape index (κ1) is 14.3. The van der Waals surface area contributed by atoms with E-state index in [4.69, 9.17) is 22.5 Å². The number of hydrogen-bond donors (Lipinski definition) is 3. The van der Waals surface area contributed by atoms with E-state index in [-0.39, 0.29) is 17.8 Å². The Bertz CT molecular complexity index is 462.